The first kappa shape index (κ1) is 11.5. The third kappa shape index (κ3) is 3.24. The number of nitrogens with zero attached hydrogens (tertiary/aromatic N) is 1. The maximum atomic E-state index is 11.7. The number of hydrogen-bond donors (Lipinski definition) is 0. The van der Waals surface area contributed by atoms with Crippen LogP contribution in [-0.2, 0) is 0 Å². The third-order valence-electron chi connectivity index (χ3n) is 2.17. The highest BCUT2D eigenvalue weighted by atomic mass is 16.1. The smallest absolute Gasteiger partial charge is 0.166 e. The van der Waals surface area contributed by atoms with Crippen LogP contribution in [0.15, 0.2) is 36.4 Å². The van der Waals surface area contributed by atoms with E-state index in [0.29, 0.717) is 6.42 Å². The summed E-state index contributed by atoms with van der Waals surface area (Å²) in [5.41, 5.74) is 2.75. The second-order valence-electron chi connectivity index (χ2n) is 4.00. The number of ketones is 1. The normalized spacial score (nSPS) is 9.80. The van der Waals surface area contributed by atoms with Crippen LogP contribution in [-0.4, -0.2) is 19.9 Å². The van der Waals surface area contributed by atoms with Crippen molar-refractivity contribution in [1.82, 2.24) is 0 Å². The van der Waals surface area contributed by atoms with Crippen LogP contribution in [0.4, 0.5) is 5.69 Å². The Morgan fingerprint density at radius 3 is 2.20 bits per heavy atom. The molecule has 2 heteroatoms. The zero-order chi connectivity index (χ0) is 11.4. The lowest BCUT2D eigenvalue weighted by atomic mass is 10.0. The summed E-state index contributed by atoms with van der Waals surface area (Å²) in [6.07, 6.45) is 0.432. The highest BCUT2D eigenvalue weighted by molar-refractivity contribution is 5.97. The van der Waals surface area contributed by atoms with Crippen LogP contribution in [0.2, 0.25) is 0 Å². The molecular formula is C13H17NO. The van der Waals surface area contributed by atoms with Gasteiger partial charge in [0.25, 0.3) is 0 Å². The number of anilines is 1. The summed E-state index contributed by atoms with van der Waals surface area (Å²) in [5, 5.41) is 0. The highest BCUT2D eigenvalue weighted by Crippen LogP contribution is 2.14. The molecule has 0 aliphatic rings. The molecule has 0 aromatic heterocycles. The molecule has 0 spiro atoms. The largest absolute Gasteiger partial charge is 0.378 e. The zero-order valence-electron chi connectivity index (χ0n) is 9.58. The minimum Gasteiger partial charge on any atom is -0.378 e. The molecule has 0 radical (unpaired) electrons. The van der Waals surface area contributed by atoms with Crippen molar-refractivity contribution in [2.75, 3.05) is 19.0 Å². The van der Waals surface area contributed by atoms with E-state index in [4.69, 9.17) is 0 Å². The van der Waals surface area contributed by atoms with Gasteiger partial charge in [0.05, 0.1) is 0 Å². The Morgan fingerprint density at radius 1 is 1.27 bits per heavy atom. The second kappa shape index (κ2) is 4.78. The van der Waals surface area contributed by atoms with Gasteiger partial charge in [-0.15, -0.1) is 0 Å². The van der Waals surface area contributed by atoms with Gasteiger partial charge in [0.2, 0.25) is 0 Å². The summed E-state index contributed by atoms with van der Waals surface area (Å²) in [7, 11) is 3.95. The van der Waals surface area contributed by atoms with E-state index in [-0.39, 0.29) is 5.78 Å². The molecule has 0 bridgehead atoms. The Morgan fingerprint density at radius 2 is 1.80 bits per heavy atom. The van der Waals surface area contributed by atoms with Crippen LogP contribution in [0, 0.1) is 0 Å². The average Bonchev–Trinajstić information content (AvgIpc) is 2.17. The van der Waals surface area contributed by atoms with Gasteiger partial charge >= 0.3 is 0 Å². The van der Waals surface area contributed by atoms with Crippen molar-refractivity contribution < 1.29 is 4.79 Å². The monoisotopic (exact) mass is 203 g/mol. The van der Waals surface area contributed by atoms with Gasteiger partial charge in [-0.05, 0) is 31.2 Å². The number of hydrogen-bond acceptors (Lipinski definition) is 2. The van der Waals surface area contributed by atoms with Crippen molar-refractivity contribution in [2.45, 2.75) is 13.3 Å². The molecule has 0 fully saturated rings. The Hall–Kier alpha value is -1.57. The molecule has 1 rings (SSSR count). The van der Waals surface area contributed by atoms with E-state index in [2.05, 4.69) is 6.58 Å². The van der Waals surface area contributed by atoms with E-state index in [0.717, 1.165) is 16.8 Å². The fourth-order valence-electron chi connectivity index (χ4n) is 1.32. The van der Waals surface area contributed by atoms with Crippen LogP contribution >= 0.6 is 0 Å². The van der Waals surface area contributed by atoms with Gasteiger partial charge in [-0.3, -0.25) is 4.79 Å². The number of carbonyl (C=O) groups is 1. The first-order chi connectivity index (χ1) is 7.00. The maximum absolute atomic E-state index is 11.7. The molecule has 0 aliphatic heterocycles. The summed E-state index contributed by atoms with van der Waals surface area (Å²) in [6.45, 7) is 5.60. The summed E-state index contributed by atoms with van der Waals surface area (Å²) >= 11 is 0. The third-order valence-corrected chi connectivity index (χ3v) is 2.17. The molecule has 0 aliphatic carbocycles. The molecule has 0 heterocycles. The summed E-state index contributed by atoms with van der Waals surface area (Å²) in [6, 6.07) is 7.62. The van der Waals surface area contributed by atoms with Gasteiger partial charge in [0.15, 0.2) is 5.78 Å². The highest BCUT2D eigenvalue weighted by Gasteiger charge is 2.05. The van der Waals surface area contributed by atoms with E-state index in [1.54, 1.807) is 0 Å². The number of rotatable bonds is 4. The fourth-order valence-corrected chi connectivity index (χ4v) is 1.32. The molecular weight excluding hydrogens is 186 g/mol. The molecule has 1 aromatic rings. The van der Waals surface area contributed by atoms with Crippen LogP contribution in [0.5, 0.6) is 0 Å². The van der Waals surface area contributed by atoms with Crippen LogP contribution in [0.1, 0.15) is 23.7 Å². The number of carbonyl (C=O) groups excluding carboxylic acids is 1. The molecule has 0 atom stereocenters. The average molecular weight is 203 g/mol. The van der Waals surface area contributed by atoms with E-state index in [9.17, 15) is 4.79 Å². The SMILES string of the molecule is C=C(C)CC(=O)c1ccc(N(C)C)cc1. The van der Waals surface area contributed by atoms with Crippen LogP contribution in [0.3, 0.4) is 0 Å². The molecule has 2 nitrogen and oxygen atoms in total. The predicted molar refractivity (Wildman–Crippen MR) is 64.5 cm³/mol. The van der Waals surface area contributed by atoms with Gasteiger partial charge in [-0.1, -0.05) is 12.2 Å². The Labute approximate surface area is 91.2 Å². The molecule has 0 amide bonds. The van der Waals surface area contributed by atoms with Crippen molar-refractivity contribution in [2.24, 2.45) is 0 Å². The molecule has 0 saturated heterocycles. The van der Waals surface area contributed by atoms with Crippen molar-refractivity contribution in [3.63, 3.8) is 0 Å². The van der Waals surface area contributed by atoms with Crippen molar-refractivity contribution >= 4 is 11.5 Å². The van der Waals surface area contributed by atoms with Crippen molar-refractivity contribution in [1.29, 1.82) is 0 Å². The quantitative estimate of drug-likeness (QED) is 0.554. The summed E-state index contributed by atoms with van der Waals surface area (Å²) in [4.78, 5) is 13.7. The minimum absolute atomic E-state index is 0.132. The Balaban J connectivity index is 2.80. The van der Waals surface area contributed by atoms with E-state index in [1.807, 2.05) is 50.2 Å². The lowest BCUT2D eigenvalue weighted by Crippen LogP contribution is -2.08. The van der Waals surface area contributed by atoms with Gasteiger partial charge < -0.3 is 4.90 Å². The standard InChI is InChI=1S/C13H17NO/c1-10(2)9-13(15)11-5-7-12(8-6-11)14(3)4/h5-8H,1,9H2,2-4H3. The van der Waals surface area contributed by atoms with Crippen molar-refractivity contribution in [3.05, 3.63) is 42.0 Å². The number of benzene rings is 1. The molecule has 80 valence electrons. The Bertz CT molecular complexity index is 363. The van der Waals surface area contributed by atoms with E-state index >= 15 is 0 Å². The topological polar surface area (TPSA) is 20.3 Å². The minimum atomic E-state index is 0.132. The van der Waals surface area contributed by atoms with Crippen LogP contribution < -0.4 is 4.90 Å². The lowest BCUT2D eigenvalue weighted by molar-refractivity contribution is 0.0993. The predicted octanol–water partition coefficient (Wildman–Crippen LogP) is 2.90. The molecule has 0 unspecified atom stereocenters. The van der Waals surface area contributed by atoms with E-state index in [1.165, 1.54) is 0 Å². The van der Waals surface area contributed by atoms with Gasteiger partial charge in [0, 0.05) is 31.8 Å². The van der Waals surface area contributed by atoms with E-state index < -0.39 is 0 Å². The summed E-state index contributed by atoms with van der Waals surface area (Å²) < 4.78 is 0. The van der Waals surface area contributed by atoms with Gasteiger partial charge in [0.1, 0.15) is 0 Å². The Kier molecular flexibility index (Phi) is 3.67. The second-order valence-corrected chi connectivity index (χ2v) is 4.00. The summed E-state index contributed by atoms with van der Waals surface area (Å²) in [5.74, 6) is 0.132. The van der Waals surface area contributed by atoms with Gasteiger partial charge in [-0.2, -0.15) is 0 Å². The zero-order valence-corrected chi connectivity index (χ0v) is 9.58. The molecule has 1 aromatic carbocycles. The first-order valence-electron chi connectivity index (χ1n) is 4.95. The first-order valence-corrected chi connectivity index (χ1v) is 4.95. The molecule has 0 N–H and O–H groups in total. The number of allylic oxidation sites excluding steroid dienone is 1. The lowest BCUT2D eigenvalue weighted by Gasteiger charge is -2.12. The fraction of sp³-hybridized carbons (Fsp3) is 0.308. The maximum Gasteiger partial charge on any atom is 0.166 e. The van der Waals surface area contributed by atoms with Gasteiger partial charge in [-0.25, -0.2) is 0 Å². The molecule has 15 heavy (non-hydrogen) atoms. The van der Waals surface area contributed by atoms with Crippen molar-refractivity contribution in [3.8, 4) is 0 Å². The van der Waals surface area contributed by atoms with Crippen LogP contribution in [0.25, 0.3) is 0 Å². The number of Topliss-reactive ketones (excluding diaryl/α,β-unsaturated/α-hetero) is 1. The molecule has 0 saturated carbocycles.